The van der Waals surface area contributed by atoms with E-state index in [9.17, 15) is 14.7 Å². The van der Waals surface area contributed by atoms with E-state index in [1.165, 1.54) is 28.8 Å². The van der Waals surface area contributed by atoms with Crippen molar-refractivity contribution < 1.29 is 19.4 Å². The molecule has 10 heteroatoms. The normalized spacial score (nSPS) is 15.8. The zero-order valence-corrected chi connectivity index (χ0v) is 24.1. The van der Waals surface area contributed by atoms with Crippen LogP contribution in [0, 0.1) is 7.14 Å². The van der Waals surface area contributed by atoms with Crippen molar-refractivity contribution in [1.82, 2.24) is 4.90 Å². The molecule has 0 bridgehead atoms. The van der Waals surface area contributed by atoms with Crippen molar-refractivity contribution in [3.63, 3.8) is 0 Å². The highest BCUT2D eigenvalue weighted by atomic mass is 127. The minimum atomic E-state index is -1.03. The fourth-order valence-corrected chi connectivity index (χ4v) is 6.40. The standard InChI is InChI=1S/C25H17ClI2N2O4S/c1-30-23(31)21(35-25(30)29-18-4-2-3-16(12-18)24(32)33)11-15-9-19(27)22(20(28)10-15)34-13-14-5-7-17(26)8-6-14/h2-12H,13H2,1H3,(H,32,33)/b21-11-,29-25?. The molecule has 1 fully saturated rings. The number of rotatable bonds is 6. The number of halogens is 3. The number of thioether (sulfide) groups is 1. The average molecular weight is 731 g/mol. The Bertz CT molecular complexity index is 1350. The Morgan fingerprint density at radius 3 is 2.49 bits per heavy atom. The molecule has 1 N–H and O–H groups in total. The Kier molecular flexibility index (Phi) is 8.40. The summed E-state index contributed by atoms with van der Waals surface area (Å²) in [6.45, 7) is 0.422. The first-order valence-corrected chi connectivity index (χ1v) is 13.5. The number of carbonyl (C=O) groups is 2. The number of hydrogen-bond acceptors (Lipinski definition) is 5. The molecule has 1 amide bonds. The molecule has 0 unspecified atom stereocenters. The molecule has 3 aromatic rings. The van der Waals surface area contributed by atoms with Gasteiger partial charge in [0.2, 0.25) is 0 Å². The van der Waals surface area contributed by atoms with Crippen LogP contribution in [-0.4, -0.2) is 34.1 Å². The summed E-state index contributed by atoms with van der Waals surface area (Å²) in [4.78, 5) is 30.5. The molecule has 0 spiro atoms. The van der Waals surface area contributed by atoms with Crippen LogP contribution in [0.1, 0.15) is 21.5 Å². The van der Waals surface area contributed by atoms with E-state index in [2.05, 4.69) is 50.2 Å². The summed E-state index contributed by atoms with van der Waals surface area (Å²) in [5, 5.41) is 10.4. The van der Waals surface area contributed by atoms with Crippen LogP contribution in [0.3, 0.4) is 0 Å². The van der Waals surface area contributed by atoms with Crippen molar-refractivity contribution in [2.24, 2.45) is 4.99 Å². The molecule has 0 aromatic heterocycles. The molecule has 1 heterocycles. The van der Waals surface area contributed by atoms with Crippen LogP contribution < -0.4 is 4.74 Å². The molecule has 178 valence electrons. The Morgan fingerprint density at radius 1 is 1.14 bits per heavy atom. The number of aromatic carboxylic acids is 1. The Balaban J connectivity index is 1.54. The number of benzene rings is 3. The van der Waals surface area contributed by atoms with Crippen molar-refractivity contribution in [2.75, 3.05) is 7.05 Å². The third kappa shape index (κ3) is 6.38. The largest absolute Gasteiger partial charge is 0.487 e. The van der Waals surface area contributed by atoms with Crippen LogP contribution in [-0.2, 0) is 11.4 Å². The quantitative estimate of drug-likeness (QED) is 0.217. The summed E-state index contributed by atoms with van der Waals surface area (Å²) in [6, 6.07) is 17.8. The second-order valence-corrected chi connectivity index (χ2v) is 11.2. The van der Waals surface area contributed by atoms with Gasteiger partial charge in [0, 0.05) is 12.1 Å². The Hall–Kier alpha value is -2.09. The highest BCUT2D eigenvalue weighted by Crippen LogP contribution is 2.35. The van der Waals surface area contributed by atoms with E-state index in [1.807, 2.05) is 42.5 Å². The molecule has 35 heavy (non-hydrogen) atoms. The van der Waals surface area contributed by atoms with E-state index in [4.69, 9.17) is 16.3 Å². The van der Waals surface area contributed by atoms with Gasteiger partial charge in [0.25, 0.3) is 5.91 Å². The van der Waals surface area contributed by atoms with E-state index in [1.54, 1.807) is 19.2 Å². The lowest BCUT2D eigenvalue weighted by molar-refractivity contribution is -0.121. The van der Waals surface area contributed by atoms with Gasteiger partial charge in [-0.25, -0.2) is 9.79 Å². The van der Waals surface area contributed by atoms with Gasteiger partial charge in [0.05, 0.1) is 23.3 Å². The second-order valence-electron chi connectivity index (χ2n) is 7.45. The second kappa shape index (κ2) is 11.3. The summed E-state index contributed by atoms with van der Waals surface area (Å²) in [6.07, 6.45) is 1.83. The van der Waals surface area contributed by atoms with Crippen molar-refractivity contribution in [3.05, 3.63) is 94.4 Å². The van der Waals surface area contributed by atoms with E-state index < -0.39 is 5.97 Å². The van der Waals surface area contributed by atoms with Gasteiger partial charge < -0.3 is 9.84 Å². The van der Waals surface area contributed by atoms with Gasteiger partial charge in [-0.2, -0.15) is 0 Å². The molecule has 0 aliphatic carbocycles. The maximum absolute atomic E-state index is 12.8. The van der Waals surface area contributed by atoms with E-state index in [-0.39, 0.29) is 11.5 Å². The van der Waals surface area contributed by atoms with Crippen LogP contribution in [0.15, 0.2) is 70.6 Å². The smallest absolute Gasteiger partial charge is 0.335 e. The highest BCUT2D eigenvalue weighted by Gasteiger charge is 2.30. The predicted molar refractivity (Wildman–Crippen MR) is 156 cm³/mol. The molecule has 6 nitrogen and oxygen atoms in total. The third-order valence-electron chi connectivity index (χ3n) is 4.94. The number of nitrogens with zero attached hydrogens (tertiary/aromatic N) is 2. The number of hydrogen-bond donors (Lipinski definition) is 1. The monoisotopic (exact) mass is 730 g/mol. The van der Waals surface area contributed by atoms with Crippen molar-refractivity contribution in [2.45, 2.75) is 6.61 Å². The van der Waals surface area contributed by atoms with Gasteiger partial charge in [0.1, 0.15) is 12.4 Å². The van der Waals surface area contributed by atoms with Gasteiger partial charge in [0.15, 0.2) is 5.17 Å². The molecule has 3 aromatic carbocycles. The first-order chi connectivity index (χ1) is 16.7. The van der Waals surface area contributed by atoms with Gasteiger partial charge >= 0.3 is 5.97 Å². The van der Waals surface area contributed by atoms with E-state index in [0.29, 0.717) is 27.4 Å². The van der Waals surface area contributed by atoms with Crippen molar-refractivity contribution in [1.29, 1.82) is 0 Å². The van der Waals surface area contributed by atoms with Crippen LogP contribution in [0.4, 0.5) is 5.69 Å². The molecule has 1 aliphatic rings. The topological polar surface area (TPSA) is 79.2 Å². The predicted octanol–water partition coefficient (Wildman–Crippen LogP) is 7.06. The van der Waals surface area contributed by atoms with Gasteiger partial charge in [-0.15, -0.1) is 0 Å². The number of ether oxygens (including phenoxy) is 1. The Morgan fingerprint density at radius 2 is 1.83 bits per heavy atom. The first-order valence-electron chi connectivity index (χ1n) is 10.2. The zero-order chi connectivity index (χ0) is 25.1. The van der Waals surface area contributed by atoms with E-state index >= 15 is 0 Å². The van der Waals surface area contributed by atoms with Gasteiger partial charge in [-0.05, 0) is 117 Å². The van der Waals surface area contributed by atoms with Gasteiger partial charge in [-0.3, -0.25) is 9.69 Å². The van der Waals surface area contributed by atoms with Crippen molar-refractivity contribution >= 4 is 97.4 Å². The van der Waals surface area contributed by atoms with E-state index in [0.717, 1.165) is 24.0 Å². The SMILES string of the molecule is CN1C(=O)/C(=C/c2cc(I)c(OCc3ccc(Cl)cc3)c(I)c2)SC1=Nc1cccc(C(=O)O)c1. The molecule has 0 atom stereocenters. The first kappa shape index (κ1) is 26.0. The summed E-state index contributed by atoms with van der Waals surface area (Å²) in [5.41, 5.74) is 2.50. The highest BCUT2D eigenvalue weighted by molar-refractivity contribution is 14.1. The zero-order valence-electron chi connectivity index (χ0n) is 18.2. The molecule has 1 saturated heterocycles. The maximum atomic E-state index is 12.8. The number of aliphatic imine (C=N–C) groups is 1. The summed E-state index contributed by atoms with van der Waals surface area (Å²) < 4.78 is 7.90. The molecule has 0 saturated carbocycles. The molecular weight excluding hydrogens is 714 g/mol. The number of carbonyl (C=O) groups excluding carboxylic acids is 1. The van der Waals surface area contributed by atoms with Crippen LogP contribution in [0.2, 0.25) is 5.02 Å². The van der Waals surface area contributed by atoms with Crippen LogP contribution in [0.5, 0.6) is 5.75 Å². The molecule has 0 radical (unpaired) electrons. The number of amidine groups is 1. The van der Waals surface area contributed by atoms with Crippen LogP contribution >= 0.6 is 68.5 Å². The third-order valence-corrected chi connectivity index (χ3v) is 7.85. The average Bonchev–Trinajstić information content (AvgIpc) is 3.07. The number of carboxylic acid groups (broad SMARTS) is 1. The van der Waals surface area contributed by atoms with Gasteiger partial charge in [-0.1, -0.05) is 29.8 Å². The summed E-state index contributed by atoms with van der Waals surface area (Å²) >= 11 is 11.7. The lowest BCUT2D eigenvalue weighted by Gasteiger charge is -2.12. The minimum Gasteiger partial charge on any atom is -0.487 e. The summed E-state index contributed by atoms with van der Waals surface area (Å²) in [7, 11) is 1.65. The van der Waals surface area contributed by atoms with Crippen LogP contribution in [0.25, 0.3) is 6.08 Å². The number of likely N-dealkylation sites (N-methyl/N-ethyl adjacent to an activating group) is 1. The molecule has 4 rings (SSSR count). The summed E-state index contributed by atoms with van der Waals surface area (Å²) in [5.74, 6) is -0.413. The fourth-order valence-electron chi connectivity index (χ4n) is 3.16. The minimum absolute atomic E-state index is 0.141. The maximum Gasteiger partial charge on any atom is 0.335 e. The lowest BCUT2D eigenvalue weighted by atomic mass is 10.2. The lowest BCUT2D eigenvalue weighted by Crippen LogP contribution is -2.23. The number of amides is 1. The Labute approximate surface area is 238 Å². The van der Waals surface area contributed by atoms with Crippen molar-refractivity contribution in [3.8, 4) is 5.75 Å². The number of carboxylic acids is 1. The molecule has 1 aliphatic heterocycles. The fraction of sp³-hybridized carbons (Fsp3) is 0.0800. The molecular formula is C25H17ClI2N2O4S.